The highest BCUT2D eigenvalue weighted by Gasteiger charge is 2.17. The van der Waals surface area contributed by atoms with E-state index in [-0.39, 0.29) is 6.07 Å². The van der Waals surface area contributed by atoms with Gasteiger partial charge in [0.25, 0.3) is 5.78 Å². The molecule has 0 heterocycles. The molecule has 96 valence electrons. The van der Waals surface area contributed by atoms with Crippen LogP contribution >= 0.6 is 0 Å². The fourth-order valence-electron chi connectivity index (χ4n) is 1.08. The number of rotatable bonds is 3. The van der Waals surface area contributed by atoms with E-state index in [0.717, 1.165) is 7.11 Å². The molecule has 4 nitrogen and oxygen atoms in total. The van der Waals surface area contributed by atoms with Crippen molar-refractivity contribution in [2.45, 2.75) is 0 Å². The van der Waals surface area contributed by atoms with Crippen molar-refractivity contribution in [2.24, 2.45) is 0 Å². The van der Waals surface area contributed by atoms with E-state index in [4.69, 9.17) is 0 Å². The van der Waals surface area contributed by atoms with Crippen molar-refractivity contribution < 1.29 is 32.6 Å². The number of aliphatic hydroxyl groups excluding tert-OH is 1. The highest BCUT2D eigenvalue weighted by Crippen LogP contribution is 2.19. The summed E-state index contributed by atoms with van der Waals surface area (Å²) < 4.78 is 42.7. The maximum atomic E-state index is 13.2. The third-order valence-electron chi connectivity index (χ3n) is 1.94. The molecule has 1 N–H and O–H groups in total. The molecule has 1 rings (SSSR count). The Morgan fingerprint density at radius 2 is 1.72 bits per heavy atom. The minimum Gasteiger partial charge on any atom is -0.507 e. The number of hydrogen-bond acceptors (Lipinski definition) is 4. The molecule has 0 saturated heterocycles. The summed E-state index contributed by atoms with van der Waals surface area (Å²) in [5.74, 6) is -7.69. The van der Waals surface area contributed by atoms with Gasteiger partial charge in [-0.05, 0) is 6.07 Å². The zero-order valence-corrected chi connectivity index (χ0v) is 9.04. The Kier molecular flexibility index (Phi) is 4.09. The minimum absolute atomic E-state index is 0.206. The van der Waals surface area contributed by atoms with Crippen LogP contribution in [0.3, 0.4) is 0 Å². The Morgan fingerprint density at radius 1 is 1.17 bits per heavy atom. The molecule has 0 amide bonds. The van der Waals surface area contributed by atoms with E-state index in [9.17, 15) is 27.9 Å². The van der Waals surface area contributed by atoms with Gasteiger partial charge in [-0.1, -0.05) is 0 Å². The zero-order valence-electron chi connectivity index (χ0n) is 9.04. The maximum Gasteiger partial charge on any atom is 0.378 e. The minimum atomic E-state index is -1.44. The summed E-state index contributed by atoms with van der Waals surface area (Å²) in [4.78, 5) is 21.7. The molecule has 0 unspecified atom stereocenters. The fourth-order valence-corrected chi connectivity index (χ4v) is 1.08. The molecule has 0 aliphatic rings. The van der Waals surface area contributed by atoms with Crippen LogP contribution in [0, 0.1) is 17.5 Å². The molecule has 18 heavy (non-hydrogen) atoms. The first-order valence-electron chi connectivity index (χ1n) is 4.54. The summed E-state index contributed by atoms with van der Waals surface area (Å²) in [5.41, 5.74) is -0.744. The van der Waals surface area contributed by atoms with Crippen molar-refractivity contribution in [3.63, 3.8) is 0 Å². The van der Waals surface area contributed by atoms with Gasteiger partial charge in [-0.15, -0.1) is 0 Å². The number of carbonyl (C=O) groups excluding carboxylic acids is 2. The van der Waals surface area contributed by atoms with E-state index in [0.29, 0.717) is 12.1 Å². The second kappa shape index (κ2) is 5.35. The van der Waals surface area contributed by atoms with Crippen molar-refractivity contribution in [2.75, 3.05) is 7.11 Å². The first kappa shape index (κ1) is 13.8. The van der Waals surface area contributed by atoms with Crippen molar-refractivity contribution in [3.05, 3.63) is 41.2 Å². The van der Waals surface area contributed by atoms with Gasteiger partial charge in [0, 0.05) is 12.1 Å². The van der Waals surface area contributed by atoms with Gasteiger partial charge < -0.3 is 9.84 Å². The van der Waals surface area contributed by atoms with Crippen molar-refractivity contribution in [1.82, 2.24) is 0 Å². The largest absolute Gasteiger partial charge is 0.507 e. The highest BCUT2D eigenvalue weighted by molar-refractivity contribution is 6.39. The molecule has 0 radical (unpaired) electrons. The SMILES string of the molecule is COC(=O)C(=O)C=C(O)c1cc(F)c(F)cc1F. The van der Waals surface area contributed by atoms with E-state index in [2.05, 4.69) is 4.74 Å². The van der Waals surface area contributed by atoms with Crippen LogP contribution in [0.15, 0.2) is 18.2 Å². The maximum absolute atomic E-state index is 13.2. The van der Waals surface area contributed by atoms with Crippen LogP contribution in [-0.2, 0) is 14.3 Å². The van der Waals surface area contributed by atoms with Gasteiger partial charge in [0.05, 0.1) is 12.7 Å². The summed E-state index contributed by atoms with van der Waals surface area (Å²) in [7, 11) is 0.934. The van der Waals surface area contributed by atoms with Crippen molar-refractivity contribution in [1.29, 1.82) is 0 Å². The summed E-state index contributed by atoms with van der Waals surface area (Å²) in [5, 5.41) is 9.33. The molecule has 0 atom stereocenters. The number of carbonyl (C=O) groups is 2. The monoisotopic (exact) mass is 260 g/mol. The van der Waals surface area contributed by atoms with Crippen LogP contribution in [0.25, 0.3) is 5.76 Å². The number of halogens is 3. The van der Waals surface area contributed by atoms with Gasteiger partial charge in [0.1, 0.15) is 11.6 Å². The standard InChI is InChI=1S/C11H7F3O4/c1-18-11(17)10(16)4-9(15)5-2-7(13)8(14)3-6(5)12/h2-4,15H,1H3. The molecule has 0 bridgehead atoms. The number of aliphatic hydroxyl groups is 1. The van der Waals surface area contributed by atoms with Gasteiger partial charge in [-0.3, -0.25) is 4.79 Å². The normalized spacial score (nSPS) is 11.2. The van der Waals surface area contributed by atoms with Gasteiger partial charge in [0.2, 0.25) is 0 Å². The predicted molar refractivity (Wildman–Crippen MR) is 53.9 cm³/mol. The molecule has 0 aromatic heterocycles. The molecule has 0 aliphatic carbocycles. The predicted octanol–water partition coefficient (Wildman–Crippen LogP) is 1.74. The van der Waals surface area contributed by atoms with Crippen LogP contribution < -0.4 is 0 Å². The Labute approximate surface area is 99.3 Å². The molecule has 7 heteroatoms. The number of ether oxygens (including phenoxy) is 1. The molecular weight excluding hydrogens is 253 g/mol. The number of ketones is 1. The molecule has 0 aliphatic heterocycles. The smallest absolute Gasteiger partial charge is 0.378 e. The molecule has 1 aromatic rings. The van der Waals surface area contributed by atoms with E-state index >= 15 is 0 Å². The fraction of sp³-hybridized carbons (Fsp3) is 0.0909. The lowest BCUT2D eigenvalue weighted by Crippen LogP contribution is -2.13. The molecule has 0 saturated carbocycles. The van der Waals surface area contributed by atoms with Crippen LogP contribution in [0.5, 0.6) is 0 Å². The number of esters is 1. The van der Waals surface area contributed by atoms with Crippen LogP contribution in [-0.4, -0.2) is 24.0 Å². The van der Waals surface area contributed by atoms with Crippen LogP contribution in [0.2, 0.25) is 0 Å². The Hall–Kier alpha value is -2.31. The molecule has 1 aromatic carbocycles. The van der Waals surface area contributed by atoms with Crippen molar-refractivity contribution >= 4 is 17.5 Å². The van der Waals surface area contributed by atoms with Crippen LogP contribution in [0.4, 0.5) is 13.2 Å². The lowest BCUT2D eigenvalue weighted by Gasteiger charge is -2.03. The van der Waals surface area contributed by atoms with Crippen molar-refractivity contribution in [3.8, 4) is 0 Å². The van der Waals surface area contributed by atoms with E-state index in [1.165, 1.54) is 0 Å². The quantitative estimate of drug-likeness (QED) is 0.295. The summed E-state index contributed by atoms with van der Waals surface area (Å²) in [6.45, 7) is 0. The lowest BCUT2D eigenvalue weighted by atomic mass is 10.1. The topological polar surface area (TPSA) is 63.6 Å². The van der Waals surface area contributed by atoms with E-state index < -0.39 is 40.5 Å². The number of hydrogen-bond donors (Lipinski definition) is 1. The summed E-state index contributed by atoms with van der Waals surface area (Å²) in [6, 6.07) is 0.568. The second-order valence-corrected chi connectivity index (χ2v) is 3.13. The first-order valence-corrected chi connectivity index (χ1v) is 4.54. The zero-order chi connectivity index (χ0) is 13.9. The Balaban J connectivity index is 3.15. The summed E-state index contributed by atoms with van der Waals surface area (Å²) in [6.07, 6.45) is 0.349. The van der Waals surface area contributed by atoms with E-state index in [1.807, 2.05) is 0 Å². The second-order valence-electron chi connectivity index (χ2n) is 3.13. The Morgan fingerprint density at radius 3 is 2.28 bits per heavy atom. The molecule has 0 spiro atoms. The van der Waals surface area contributed by atoms with Gasteiger partial charge in [-0.25, -0.2) is 18.0 Å². The van der Waals surface area contributed by atoms with Crippen LogP contribution in [0.1, 0.15) is 5.56 Å². The van der Waals surface area contributed by atoms with Gasteiger partial charge in [-0.2, -0.15) is 0 Å². The highest BCUT2D eigenvalue weighted by atomic mass is 19.2. The average molecular weight is 260 g/mol. The lowest BCUT2D eigenvalue weighted by molar-refractivity contribution is -0.149. The van der Waals surface area contributed by atoms with Gasteiger partial charge in [0.15, 0.2) is 11.6 Å². The molecule has 0 fully saturated rings. The number of benzene rings is 1. The third-order valence-corrected chi connectivity index (χ3v) is 1.94. The van der Waals surface area contributed by atoms with E-state index in [1.54, 1.807) is 0 Å². The first-order chi connectivity index (χ1) is 8.36. The average Bonchev–Trinajstić information content (AvgIpc) is 2.32. The summed E-state index contributed by atoms with van der Waals surface area (Å²) >= 11 is 0. The number of methoxy groups -OCH3 is 1. The van der Waals surface area contributed by atoms with Gasteiger partial charge >= 0.3 is 5.97 Å². The Bertz CT molecular complexity index is 537. The molecular formula is C11H7F3O4. The third kappa shape index (κ3) is 2.88.